The molecule has 0 aliphatic heterocycles. The summed E-state index contributed by atoms with van der Waals surface area (Å²) in [5.41, 5.74) is 4.89. The maximum Gasteiger partial charge on any atom is 0.254 e. The second kappa shape index (κ2) is 4.77. The topological polar surface area (TPSA) is 45.8 Å². The SMILES string of the molecule is CCc1nc(-c2cccc(C)c2C)c(C)c(=O)[nH]1. The molecule has 2 aromatic rings. The Bertz CT molecular complexity index is 641. The van der Waals surface area contributed by atoms with Gasteiger partial charge in [-0.25, -0.2) is 4.98 Å². The van der Waals surface area contributed by atoms with Crippen LogP contribution in [0.1, 0.15) is 29.4 Å². The third-order valence-electron chi connectivity index (χ3n) is 3.40. The molecule has 0 saturated carbocycles. The highest BCUT2D eigenvalue weighted by molar-refractivity contribution is 5.67. The Labute approximate surface area is 107 Å². The quantitative estimate of drug-likeness (QED) is 0.880. The van der Waals surface area contributed by atoms with Crippen LogP contribution in [0.3, 0.4) is 0 Å². The predicted molar refractivity (Wildman–Crippen MR) is 73.9 cm³/mol. The molecule has 0 amide bonds. The lowest BCUT2D eigenvalue weighted by Crippen LogP contribution is -2.16. The van der Waals surface area contributed by atoms with Gasteiger partial charge < -0.3 is 4.98 Å². The second-order valence-electron chi connectivity index (χ2n) is 4.59. The molecule has 2 rings (SSSR count). The minimum atomic E-state index is -0.0437. The highest BCUT2D eigenvalue weighted by atomic mass is 16.1. The third-order valence-corrected chi connectivity index (χ3v) is 3.40. The standard InChI is InChI=1S/C15H18N2O/c1-5-13-16-14(11(4)15(18)17-13)12-8-6-7-9(2)10(12)3/h6-8H,5H2,1-4H3,(H,16,17,18). The molecule has 0 fully saturated rings. The average Bonchev–Trinajstić information content (AvgIpc) is 2.36. The fourth-order valence-corrected chi connectivity index (χ4v) is 2.02. The lowest BCUT2D eigenvalue weighted by Gasteiger charge is -2.11. The molecule has 0 aliphatic carbocycles. The number of nitrogens with one attached hydrogen (secondary N) is 1. The summed E-state index contributed by atoms with van der Waals surface area (Å²) in [6.45, 7) is 7.95. The van der Waals surface area contributed by atoms with Gasteiger partial charge in [0, 0.05) is 17.5 Å². The Kier molecular flexibility index (Phi) is 3.32. The van der Waals surface area contributed by atoms with Crippen molar-refractivity contribution < 1.29 is 0 Å². The van der Waals surface area contributed by atoms with E-state index in [1.54, 1.807) is 0 Å². The molecule has 1 aromatic heterocycles. The first kappa shape index (κ1) is 12.6. The summed E-state index contributed by atoms with van der Waals surface area (Å²) < 4.78 is 0. The molecule has 0 bridgehead atoms. The molecule has 0 atom stereocenters. The number of rotatable bonds is 2. The number of nitrogens with zero attached hydrogens (tertiary/aromatic N) is 1. The van der Waals surface area contributed by atoms with Gasteiger partial charge in [-0.05, 0) is 31.9 Å². The molecular formula is C15H18N2O. The van der Waals surface area contributed by atoms with Gasteiger partial charge in [0.2, 0.25) is 0 Å². The predicted octanol–water partition coefficient (Wildman–Crippen LogP) is 2.92. The summed E-state index contributed by atoms with van der Waals surface area (Å²) in [7, 11) is 0. The zero-order valence-electron chi connectivity index (χ0n) is 11.3. The summed E-state index contributed by atoms with van der Waals surface area (Å²) >= 11 is 0. The molecule has 1 heterocycles. The van der Waals surface area contributed by atoms with Crippen LogP contribution in [-0.2, 0) is 6.42 Å². The summed E-state index contributed by atoms with van der Waals surface area (Å²) in [6, 6.07) is 6.10. The average molecular weight is 242 g/mol. The fourth-order valence-electron chi connectivity index (χ4n) is 2.02. The number of aromatic nitrogens is 2. The molecule has 3 nitrogen and oxygen atoms in total. The van der Waals surface area contributed by atoms with Crippen molar-refractivity contribution in [1.82, 2.24) is 9.97 Å². The Balaban J connectivity index is 2.74. The molecular weight excluding hydrogens is 224 g/mol. The van der Waals surface area contributed by atoms with Crippen LogP contribution in [0, 0.1) is 20.8 Å². The number of H-pyrrole nitrogens is 1. The largest absolute Gasteiger partial charge is 0.310 e. The minimum absolute atomic E-state index is 0.0437. The van der Waals surface area contributed by atoms with Crippen LogP contribution in [-0.4, -0.2) is 9.97 Å². The first-order valence-electron chi connectivity index (χ1n) is 6.21. The van der Waals surface area contributed by atoms with E-state index < -0.39 is 0 Å². The Morgan fingerprint density at radius 2 is 1.89 bits per heavy atom. The number of hydrogen-bond acceptors (Lipinski definition) is 2. The van der Waals surface area contributed by atoms with E-state index in [1.165, 1.54) is 11.1 Å². The van der Waals surface area contributed by atoms with Crippen LogP contribution in [0.4, 0.5) is 0 Å². The van der Waals surface area contributed by atoms with Crippen molar-refractivity contribution in [2.45, 2.75) is 34.1 Å². The van der Waals surface area contributed by atoms with E-state index in [4.69, 9.17) is 0 Å². The van der Waals surface area contributed by atoms with Crippen LogP contribution < -0.4 is 5.56 Å². The number of hydrogen-bond donors (Lipinski definition) is 1. The Morgan fingerprint density at radius 3 is 2.56 bits per heavy atom. The zero-order valence-corrected chi connectivity index (χ0v) is 11.3. The second-order valence-corrected chi connectivity index (χ2v) is 4.59. The molecule has 18 heavy (non-hydrogen) atoms. The number of aryl methyl sites for hydroxylation is 2. The highest BCUT2D eigenvalue weighted by Gasteiger charge is 2.11. The minimum Gasteiger partial charge on any atom is -0.310 e. The van der Waals surface area contributed by atoms with E-state index >= 15 is 0 Å². The summed E-state index contributed by atoms with van der Waals surface area (Å²) in [5, 5.41) is 0. The molecule has 1 aromatic carbocycles. The van der Waals surface area contributed by atoms with Crippen LogP contribution in [0.5, 0.6) is 0 Å². The van der Waals surface area contributed by atoms with Gasteiger partial charge in [0.15, 0.2) is 0 Å². The van der Waals surface area contributed by atoms with Crippen LogP contribution in [0.25, 0.3) is 11.3 Å². The number of aromatic amines is 1. The zero-order chi connectivity index (χ0) is 13.3. The summed E-state index contributed by atoms with van der Waals surface area (Å²) in [6.07, 6.45) is 0.730. The molecule has 0 aliphatic rings. The van der Waals surface area contributed by atoms with Crippen molar-refractivity contribution in [3.63, 3.8) is 0 Å². The van der Waals surface area contributed by atoms with Crippen molar-refractivity contribution in [1.29, 1.82) is 0 Å². The van der Waals surface area contributed by atoms with E-state index in [2.05, 4.69) is 29.9 Å². The smallest absolute Gasteiger partial charge is 0.254 e. The van der Waals surface area contributed by atoms with Crippen molar-refractivity contribution >= 4 is 0 Å². The Hall–Kier alpha value is -1.90. The summed E-state index contributed by atoms with van der Waals surface area (Å²) in [5.74, 6) is 0.738. The van der Waals surface area contributed by atoms with Gasteiger partial charge in [-0.1, -0.05) is 25.1 Å². The van der Waals surface area contributed by atoms with Gasteiger partial charge in [-0.3, -0.25) is 4.79 Å². The van der Waals surface area contributed by atoms with Crippen molar-refractivity contribution in [3.05, 3.63) is 51.1 Å². The lowest BCUT2D eigenvalue weighted by atomic mass is 9.98. The summed E-state index contributed by atoms with van der Waals surface area (Å²) in [4.78, 5) is 19.3. The van der Waals surface area contributed by atoms with Crippen molar-refractivity contribution in [2.75, 3.05) is 0 Å². The molecule has 94 valence electrons. The van der Waals surface area contributed by atoms with Gasteiger partial charge in [0.05, 0.1) is 5.69 Å². The molecule has 0 spiro atoms. The third kappa shape index (κ3) is 2.08. The van der Waals surface area contributed by atoms with Crippen molar-refractivity contribution in [3.8, 4) is 11.3 Å². The number of benzene rings is 1. The lowest BCUT2D eigenvalue weighted by molar-refractivity contribution is 0.911. The normalized spacial score (nSPS) is 10.7. The van der Waals surface area contributed by atoms with Crippen LogP contribution in [0.2, 0.25) is 0 Å². The molecule has 0 unspecified atom stereocenters. The highest BCUT2D eigenvalue weighted by Crippen LogP contribution is 2.25. The van der Waals surface area contributed by atoms with E-state index in [0.29, 0.717) is 5.56 Å². The van der Waals surface area contributed by atoms with E-state index in [9.17, 15) is 4.79 Å². The fraction of sp³-hybridized carbons (Fsp3) is 0.333. The molecule has 0 saturated heterocycles. The first-order valence-corrected chi connectivity index (χ1v) is 6.21. The van der Waals surface area contributed by atoms with Crippen LogP contribution in [0.15, 0.2) is 23.0 Å². The first-order chi connectivity index (χ1) is 8.54. The van der Waals surface area contributed by atoms with Gasteiger partial charge >= 0.3 is 0 Å². The molecule has 1 N–H and O–H groups in total. The van der Waals surface area contributed by atoms with Gasteiger partial charge in [-0.15, -0.1) is 0 Å². The van der Waals surface area contributed by atoms with Gasteiger partial charge in [0.25, 0.3) is 5.56 Å². The van der Waals surface area contributed by atoms with Crippen LogP contribution >= 0.6 is 0 Å². The maximum atomic E-state index is 11.9. The van der Waals surface area contributed by atoms with E-state index in [-0.39, 0.29) is 5.56 Å². The molecule has 3 heteroatoms. The van der Waals surface area contributed by atoms with Crippen molar-refractivity contribution in [2.24, 2.45) is 0 Å². The monoisotopic (exact) mass is 242 g/mol. The van der Waals surface area contributed by atoms with E-state index in [1.807, 2.05) is 26.0 Å². The maximum absolute atomic E-state index is 11.9. The van der Waals surface area contributed by atoms with E-state index in [0.717, 1.165) is 23.5 Å². The molecule has 0 radical (unpaired) electrons. The Morgan fingerprint density at radius 1 is 1.17 bits per heavy atom. The van der Waals surface area contributed by atoms with Gasteiger partial charge in [0.1, 0.15) is 5.82 Å². The van der Waals surface area contributed by atoms with Gasteiger partial charge in [-0.2, -0.15) is 0 Å².